The van der Waals surface area contributed by atoms with Crippen LogP contribution in [0.25, 0.3) is 11.3 Å². The highest BCUT2D eigenvalue weighted by Gasteiger charge is 2.30. The lowest BCUT2D eigenvalue weighted by atomic mass is 9.94. The maximum absolute atomic E-state index is 12.7. The van der Waals surface area contributed by atoms with E-state index < -0.39 is 16.2 Å². The first-order valence-electron chi connectivity index (χ1n) is 11.5. The predicted molar refractivity (Wildman–Crippen MR) is 138 cm³/mol. The van der Waals surface area contributed by atoms with E-state index in [1.165, 1.54) is 18.2 Å². The number of nitrogens with zero attached hydrogens (tertiary/aromatic N) is 3. The number of nitro benzene ring substituents is 1. The van der Waals surface area contributed by atoms with Crippen molar-refractivity contribution in [3.05, 3.63) is 75.5 Å². The maximum atomic E-state index is 12.7. The molecule has 188 valence electrons. The van der Waals surface area contributed by atoms with Crippen molar-refractivity contribution < 1.29 is 18.9 Å². The molecule has 2 amide bonds. The zero-order chi connectivity index (χ0) is 26.0. The molecule has 0 saturated carbocycles. The summed E-state index contributed by atoms with van der Waals surface area (Å²) in [4.78, 5) is 39.8. The van der Waals surface area contributed by atoms with Gasteiger partial charge in [-0.2, -0.15) is 0 Å². The molecular weight excluding hydrogens is 484 g/mol. The van der Waals surface area contributed by atoms with E-state index in [0.717, 1.165) is 5.69 Å². The van der Waals surface area contributed by atoms with Gasteiger partial charge in [0.2, 0.25) is 5.91 Å². The van der Waals surface area contributed by atoms with E-state index >= 15 is 0 Å². The molecule has 1 aromatic heterocycles. The van der Waals surface area contributed by atoms with Gasteiger partial charge in [0.15, 0.2) is 5.76 Å². The molecule has 1 aliphatic heterocycles. The van der Waals surface area contributed by atoms with Crippen molar-refractivity contribution in [3.63, 3.8) is 0 Å². The summed E-state index contributed by atoms with van der Waals surface area (Å²) in [7, 11) is 0. The first-order chi connectivity index (χ1) is 17.0. The number of nitrogens with one attached hydrogen (secondary N) is 1. The Bertz CT molecular complexity index is 1310. The van der Waals surface area contributed by atoms with Gasteiger partial charge in [0.1, 0.15) is 5.76 Å². The van der Waals surface area contributed by atoms with Crippen molar-refractivity contribution in [1.29, 1.82) is 0 Å². The number of carbonyl (C=O) groups excluding carboxylic acids is 2. The highest BCUT2D eigenvalue weighted by atomic mass is 35.5. The molecule has 0 spiro atoms. The second-order valence-electron chi connectivity index (χ2n) is 9.62. The number of benzene rings is 2. The zero-order valence-corrected chi connectivity index (χ0v) is 21.0. The minimum absolute atomic E-state index is 0.0631. The van der Waals surface area contributed by atoms with Crippen molar-refractivity contribution in [2.45, 2.75) is 20.8 Å². The Labute approximate surface area is 213 Å². The summed E-state index contributed by atoms with van der Waals surface area (Å²) in [6, 6.07) is 14.4. The van der Waals surface area contributed by atoms with Crippen LogP contribution in [0.15, 0.2) is 59.0 Å². The van der Waals surface area contributed by atoms with Crippen molar-refractivity contribution >= 4 is 40.5 Å². The standard InChI is InChI=1S/C26H27ClN4O5/c1-26(2,3)25(33)30-13-11-29(12-14-30)21-8-7-18(16-20(21)27)28-24(32)23-10-9-22(36-23)17-5-4-6-19(15-17)31(34)35/h4-10,15-16H,11-14H2,1-3H3,(H,28,32). The van der Waals surface area contributed by atoms with Crippen molar-refractivity contribution in [2.75, 3.05) is 36.4 Å². The number of hydrogen-bond donors (Lipinski definition) is 1. The van der Waals surface area contributed by atoms with Crippen molar-refractivity contribution in [3.8, 4) is 11.3 Å². The number of rotatable bonds is 5. The fourth-order valence-corrected chi connectivity index (χ4v) is 4.35. The van der Waals surface area contributed by atoms with Crippen molar-refractivity contribution in [1.82, 2.24) is 4.90 Å². The predicted octanol–water partition coefficient (Wildman–Crippen LogP) is 5.46. The van der Waals surface area contributed by atoms with Crippen LogP contribution in [-0.2, 0) is 4.79 Å². The monoisotopic (exact) mass is 510 g/mol. The van der Waals surface area contributed by atoms with Crippen LogP contribution in [0.1, 0.15) is 31.3 Å². The fraction of sp³-hybridized carbons (Fsp3) is 0.308. The Balaban J connectivity index is 1.40. The number of furan rings is 1. The van der Waals surface area contributed by atoms with E-state index in [4.69, 9.17) is 16.0 Å². The van der Waals surface area contributed by atoms with Gasteiger partial charge in [-0.3, -0.25) is 19.7 Å². The van der Waals surface area contributed by atoms with E-state index in [2.05, 4.69) is 10.2 Å². The van der Waals surface area contributed by atoms with E-state index in [-0.39, 0.29) is 17.4 Å². The molecule has 1 aliphatic rings. The number of halogens is 1. The smallest absolute Gasteiger partial charge is 0.291 e. The van der Waals surface area contributed by atoms with E-state index in [9.17, 15) is 19.7 Å². The molecule has 10 heteroatoms. The van der Waals surface area contributed by atoms with Gasteiger partial charge in [0.25, 0.3) is 11.6 Å². The highest BCUT2D eigenvalue weighted by Crippen LogP contribution is 2.31. The zero-order valence-electron chi connectivity index (χ0n) is 20.3. The summed E-state index contributed by atoms with van der Waals surface area (Å²) in [6.45, 7) is 8.33. The SMILES string of the molecule is CC(C)(C)C(=O)N1CCN(c2ccc(NC(=O)c3ccc(-c4cccc([N+](=O)[O-])c4)o3)cc2Cl)CC1. The second-order valence-corrected chi connectivity index (χ2v) is 10.0. The topological polar surface area (TPSA) is 109 Å². The number of anilines is 2. The molecule has 1 N–H and O–H groups in total. The van der Waals surface area contributed by atoms with Crippen LogP contribution < -0.4 is 10.2 Å². The minimum Gasteiger partial charge on any atom is -0.451 e. The first kappa shape index (κ1) is 25.2. The third-order valence-electron chi connectivity index (χ3n) is 5.93. The Morgan fingerprint density at radius 2 is 1.75 bits per heavy atom. The van der Waals surface area contributed by atoms with Gasteiger partial charge >= 0.3 is 0 Å². The van der Waals surface area contributed by atoms with Gasteiger partial charge in [0.05, 0.1) is 15.6 Å². The Morgan fingerprint density at radius 3 is 2.39 bits per heavy atom. The molecule has 0 atom stereocenters. The largest absolute Gasteiger partial charge is 0.451 e. The number of carbonyl (C=O) groups is 2. The number of nitro groups is 1. The molecule has 0 radical (unpaired) electrons. The van der Waals surface area contributed by atoms with Gasteiger partial charge in [-0.05, 0) is 30.3 Å². The molecule has 0 bridgehead atoms. The lowest BCUT2D eigenvalue weighted by Gasteiger charge is -2.39. The lowest BCUT2D eigenvalue weighted by molar-refractivity contribution is -0.384. The van der Waals surface area contributed by atoms with Gasteiger partial charge < -0.3 is 19.5 Å². The number of amides is 2. The summed E-state index contributed by atoms with van der Waals surface area (Å²) in [6.07, 6.45) is 0. The van der Waals surface area contributed by atoms with Crippen LogP contribution in [0.4, 0.5) is 17.1 Å². The van der Waals surface area contributed by atoms with Gasteiger partial charge in [-0.25, -0.2) is 0 Å². The summed E-state index contributed by atoms with van der Waals surface area (Å²) in [5.41, 5.74) is 1.37. The summed E-state index contributed by atoms with van der Waals surface area (Å²) in [5.74, 6) is 0.0836. The van der Waals surface area contributed by atoms with Gasteiger partial charge in [-0.1, -0.05) is 44.5 Å². The quantitative estimate of drug-likeness (QED) is 0.361. The minimum atomic E-state index is -0.487. The van der Waals surface area contributed by atoms with Gasteiger partial charge in [0, 0.05) is 55.0 Å². The van der Waals surface area contributed by atoms with Crippen LogP contribution >= 0.6 is 11.6 Å². The number of hydrogen-bond acceptors (Lipinski definition) is 6. The number of piperazine rings is 1. The molecule has 2 aromatic carbocycles. The molecular formula is C26H27ClN4O5. The lowest BCUT2D eigenvalue weighted by Crippen LogP contribution is -2.51. The van der Waals surface area contributed by atoms with Crippen LogP contribution in [0.2, 0.25) is 5.02 Å². The molecule has 0 unspecified atom stereocenters. The van der Waals surface area contributed by atoms with Gasteiger partial charge in [-0.15, -0.1) is 0 Å². The average molecular weight is 511 g/mol. The average Bonchev–Trinajstić information content (AvgIpc) is 3.34. The number of non-ortho nitro benzene ring substituents is 1. The van der Waals surface area contributed by atoms with E-state index in [1.807, 2.05) is 31.7 Å². The molecule has 1 saturated heterocycles. The molecule has 0 aliphatic carbocycles. The summed E-state index contributed by atoms with van der Waals surface area (Å²) >= 11 is 6.54. The second kappa shape index (κ2) is 10.0. The van der Waals surface area contributed by atoms with Crippen molar-refractivity contribution in [2.24, 2.45) is 5.41 Å². The van der Waals surface area contributed by atoms with E-state index in [0.29, 0.717) is 48.2 Å². The third kappa shape index (κ3) is 5.52. The summed E-state index contributed by atoms with van der Waals surface area (Å²) in [5, 5.41) is 14.3. The van der Waals surface area contributed by atoms with Crippen LogP contribution in [0.5, 0.6) is 0 Å². The van der Waals surface area contributed by atoms with Crippen LogP contribution in [0, 0.1) is 15.5 Å². The maximum Gasteiger partial charge on any atom is 0.291 e. The summed E-state index contributed by atoms with van der Waals surface area (Å²) < 4.78 is 5.63. The Kier molecular flexibility index (Phi) is 7.03. The van der Waals surface area contributed by atoms with Crippen LogP contribution in [0.3, 0.4) is 0 Å². The highest BCUT2D eigenvalue weighted by molar-refractivity contribution is 6.33. The first-order valence-corrected chi connectivity index (χ1v) is 11.9. The molecule has 9 nitrogen and oxygen atoms in total. The Hall–Kier alpha value is -3.85. The third-order valence-corrected chi connectivity index (χ3v) is 6.23. The Morgan fingerprint density at radius 1 is 1.03 bits per heavy atom. The molecule has 1 fully saturated rings. The molecule has 36 heavy (non-hydrogen) atoms. The molecule has 3 aromatic rings. The normalized spacial score (nSPS) is 14.0. The molecule has 4 rings (SSSR count). The van der Waals surface area contributed by atoms with Crippen LogP contribution in [-0.4, -0.2) is 47.8 Å². The van der Waals surface area contributed by atoms with E-state index in [1.54, 1.807) is 30.3 Å². The molecule has 2 heterocycles. The fourth-order valence-electron chi connectivity index (χ4n) is 4.05.